The number of fused-ring (bicyclic) bond motifs is 6. The Hall–Kier alpha value is -5.31. The van der Waals surface area contributed by atoms with Gasteiger partial charge in [0.2, 0.25) is 0 Å². The molecule has 0 bridgehead atoms. The van der Waals surface area contributed by atoms with E-state index in [-0.39, 0.29) is 5.41 Å². The predicted molar refractivity (Wildman–Crippen MR) is 199 cm³/mol. The number of hydrogen-bond donors (Lipinski definition) is 0. The number of para-hydroxylation sites is 1. The van der Waals surface area contributed by atoms with Gasteiger partial charge in [0.15, 0.2) is 0 Å². The molecule has 0 aromatic heterocycles. The number of nitrogens with zero attached hydrogens (tertiary/aromatic N) is 1. The number of anilines is 3. The summed E-state index contributed by atoms with van der Waals surface area (Å²) in [7, 11) is 0. The van der Waals surface area contributed by atoms with Crippen LogP contribution >= 0.6 is 11.8 Å². The maximum absolute atomic E-state index is 2.48. The maximum Gasteiger partial charge on any atom is 0.0607 e. The molecule has 1 nitrogen and oxygen atoms in total. The molecule has 0 fully saturated rings. The fraction of sp³-hybridized carbons (Fsp3) is 0.0667. The Labute approximate surface area is 281 Å². The molecule has 1 heterocycles. The monoisotopic (exact) mass is 619 g/mol. The van der Waals surface area contributed by atoms with Crippen molar-refractivity contribution in [3.05, 3.63) is 175 Å². The second-order valence-corrected chi connectivity index (χ2v) is 14.0. The summed E-state index contributed by atoms with van der Waals surface area (Å²) in [6.45, 7) is 4.77. The summed E-state index contributed by atoms with van der Waals surface area (Å²) >= 11 is 1.92. The molecule has 1 aliphatic heterocycles. The highest BCUT2D eigenvalue weighted by atomic mass is 32.2. The van der Waals surface area contributed by atoms with Crippen molar-refractivity contribution in [3.8, 4) is 44.5 Å². The van der Waals surface area contributed by atoms with Gasteiger partial charge in [0, 0.05) is 20.9 Å². The summed E-state index contributed by atoms with van der Waals surface area (Å²) in [5.74, 6) is 0. The van der Waals surface area contributed by atoms with E-state index in [1.54, 1.807) is 0 Å². The largest absolute Gasteiger partial charge is 0.308 e. The number of benzene rings is 7. The van der Waals surface area contributed by atoms with Crippen molar-refractivity contribution in [1.82, 2.24) is 0 Å². The Morgan fingerprint density at radius 3 is 1.68 bits per heavy atom. The van der Waals surface area contributed by atoms with Crippen molar-refractivity contribution < 1.29 is 0 Å². The average molecular weight is 620 g/mol. The minimum absolute atomic E-state index is 0.0875. The highest BCUT2D eigenvalue weighted by molar-refractivity contribution is 7.99. The van der Waals surface area contributed by atoms with Crippen LogP contribution in [0.2, 0.25) is 0 Å². The second-order valence-electron chi connectivity index (χ2n) is 13.0. The first kappa shape index (κ1) is 28.0. The van der Waals surface area contributed by atoms with Gasteiger partial charge in [-0.1, -0.05) is 141 Å². The van der Waals surface area contributed by atoms with Gasteiger partial charge in [0.1, 0.15) is 0 Å². The van der Waals surface area contributed by atoms with E-state index >= 15 is 0 Å². The Balaban J connectivity index is 1.23. The van der Waals surface area contributed by atoms with E-state index < -0.39 is 0 Å². The molecule has 2 aliphatic rings. The molecule has 0 saturated carbocycles. The first-order chi connectivity index (χ1) is 23.1. The van der Waals surface area contributed by atoms with Crippen LogP contribution in [0.25, 0.3) is 44.5 Å². The van der Waals surface area contributed by atoms with E-state index in [2.05, 4.69) is 183 Å². The van der Waals surface area contributed by atoms with Crippen LogP contribution in [-0.4, -0.2) is 0 Å². The summed E-state index contributed by atoms with van der Waals surface area (Å²) in [5, 5.41) is 0. The summed E-state index contributed by atoms with van der Waals surface area (Å²) in [6, 6.07) is 59.9. The minimum Gasteiger partial charge on any atom is -0.308 e. The molecule has 1 aliphatic carbocycles. The smallest absolute Gasteiger partial charge is 0.0607 e. The predicted octanol–water partition coefficient (Wildman–Crippen LogP) is 12.9. The quantitative estimate of drug-likeness (QED) is 0.193. The lowest BCUT2D eigenvalue weighted by atomic mass is 9.82. The molecule has 0 spiro atoms. The Kier molecular flexibility index (Phi) is 6.48. The van der Waals surface area contributed by atoms with Crippen molar-refractivity contribution in [3.63, 3.8) is 0 Å². The zero-order chi connectivity index (χ0) is 31.5. The van der Waals surface area contributed by atoms with E-state index in [9.17, 15) is 0 Å². The standard InChI is InChI=1S/C45H33NS/c1-45(2)39-21-13-12-20-37(39)38-23-24-40-44(43(38)45)47-42-25-22-32(29-41(42)46(40)36-18-10-5-11-19-36)35-27-33(30-14-6-3-7-15-30)26-34(28-35)31-16-8-4-9-17-31/h3-29H,1-2H3. The van der Waals surface area contributed by atoms with Gasteiger partial charge < -0.3 is 4.90 Å². The molecule has 7 aromatic rings. The second kappa shape index (κ2) is 10.9. The molecule has 0 unspecified atom stereocenters. The van der Waals surface area contributed by atoms with Crippen LogP contribution < -0.4 is 4.90 Å². The van der Waals surface area contributed by atoms with E-state index in [1.165, 1.54) is 82.5 Å². The van der Waals surface area contributed by atoms with E-state index in [4.69, 9.17) is 0 Å². The van der Waals surface area contributed by atoms with Gasteiger partial charge in [-0.25, -0.2) is 0 Å². The highest BCUT2D eigenvalue weighted by Crippen LogP contribution is 2.60. The zero-order valence-corrected chi connectivity index (χ0v) is 27.3. The zero-order valence-electron chi connectivity index (χ0n) is 26.4. The third-order valence-electron chi connectivity index (χ3n) is 9.80. The Morgan fingerprint density at radius 1 is 0.447 bits per heavy atom. The first-order valence-electron chi connectivity index (χ1n) is 16.3. The van der Waals surface area contributed by atoms with E-state index in [0.717, 1.165) is 0 Å². The highest BCUT2D eigenvalue weighted by Gasteiger charge is 2.40. The molecule has 0 N–H and O–H groups in total. The summed E-state index contributed by atoms with van der Waals surface area (Å²) in [6.07, 6.45) is 0. The molecule has 0 amide bonds. The SMILES string of the molecule is CC1(C)c2ccccc2-c2ccc3c(c21)Sc1ccc(-c2cc(-c4ccccc4)cc(-c4ccccc4)c2)cc1N3c1ccccc1. The molecule has 0 saturated heterocycles. The van der Waals surface area contributed by atoms with Crippen LogP contribution in [0.3, 0.4) is 0 Å². The minimum atomic E-state index is -0.0875. The third kappa shape index (κ3) is 4.55. The van der Waals surface area contributed by atoms with Crippen molar-refractivity contribution >= 4 is 28.8 Å². The maximum atomic E-state index is 2.48. The van der Waals surface area contributed by atoms with E-state index in [1.807, 2.05) is 11.8 Å². The number of rotatable bonds is 4. The summed E-state index contributed by atoms with van der Waals surface area (Å²) < 4.78 is 0. The van der Waals surface area contributed by atoms with Gasteiger partial charge in [-0.05, 0) is 104 Å². The van der Waals surface area contributed by atoms with Gasteiger partial charge in [-0.3, -0.25) is 0 Å². The molecule has 9 rings (SSSR count). The van der Waals surface area contributed by atoms with Crippen LogP contribution in [0.4, 0.5) is 17.1 Å². The lowest BCUT2D eigenvalue weighted by Crippen LogP contribution is -2.20. The van der Waals surface area contributed by atoms with Crippen molar-refractivity contribution in [2.45, 2.75) is 29.1 Å². The molecule has 7 aromatic carbocycles. The van der Waals surface area contributed by atoms with Gasteiger partial charge >= 0.3 is 0 Å². The van der Waals surface area contributed by atoms with Gasteiger partial charge in [0.05, 0.1) is 11.4 Å². The van der Waals surface area contributed by atoms with Crippen LogP contribution in [0.5, 0.6) is 0 Å². The van der Waals surface area contributed by atoms with Crippen LogP contribution in [-0.2, 0) is 5.41 Å². The molecule has 224 valence electrons. The Bertz CT molecular complexity index is 2230. The van der Waals surface area contributed by atoms with Crippen molar-refractivity contribution in [2.75, 3.05) is 4.90 Å². The average Bonchev–Trinajstić information content (AvgIpc) is 3.37. The van der Waals surface area contributed by atoms with E-state index in [0.29, 0.717) is 0 Å². The summed E-state index contributed by atoms with van der Waals surface area (Å²) in [5.41, 5.74) is 16.4. The molecule has 47 heavy (non-hydrogen) atoms. The third-order valence-corrected chi connectivity index (χ3v) is 11.0. The summed E-state index contributed by atoms with van der Waals surface area (Å²) in [4.78, 5) is 5.10. The van der Waals surface area contributed by atoms with Gasteiger partial charge in [0.25, 0.3) is 0 Å². The van der Waals surface area contributed by atoms with Crippen LogP contribution in [0.15, 0.2) is 174 Å². The van der Waals surface area contributed by atoms with Crippen molar-refractivity contribution in [2.24, 2.45) is 0 Å². The fourth-order valence-electron chi connectivity index (χ4n) is 7.54. The topological polar surface area (TPSA) is 3.24 Å². The molecule has 0 radical (unpaired) electrons. The van der Waals surface area contributed by atoms with Crippen LogP contribution in [0.1, 0.15) is 25.0 Å². The van der Waals surface area contributed by atoms with Crippen molar-refractivity contribution in [1.29, 1.82) is 0 Å². The molecule has 0 atom stereocenters. The normalized spacial score (nSPS) is 13.8. The van der Waals surface area contributed by atoms with Gasteiger partial charge in [-0.15, -0.1) is 0 Å². The number of hydrogen-bond acceptors (Lipinski definition) is 2. The molecular formula is C45H33NS. The lowest BCUT2D eigenvalue weighted by molar-refractivity contribution is 0.647. The van der Waals surface area contributed by atoms with Crippen LogP contribution in [0, 0.1) is 0 Å². The lowest BCUT2D eigenvalue weighted by Gasteiger charge is -2.36. The Morgan fingerprint density at radius 2 is 1.02 bits per heavy atom. The first-order valence-corrected chi connectivity index (χ1v) is 17.1. The fourth-order valence-corrected chi connectivity index (χ4v) is 8.88. The molecule has 2 heteroatoms. The molecular weight excluding hydrogens is 587 g/mol. The van der Waals surface area contributed by atoms with Gasteiger partial charge in [-0.2, -0.15) is 0 Å².